The lowest BCUT2D eigenvalue weighted by Gasteiger charge is -2.32. The molecule has 6 nitrogen and oxygen atoms in total. The Morgan fingerprint density at radius 1 is 1.20 bits per heavy atom. The van der Waals surface area contributed by atoms with E-state index in [-0.39, 0.29) is 5.96 Å². The number of benzene rings is 1. The first-order valence-corrected chi connectivity index (χ1v) is 6.76. The number of nitrogens with zero attached hydrogens (tertiary/aromatic N) is 4. The molecule has 1 aliphatic heterocycles. The molecule has 1 fully saturated rings. The van der Waals surface area contributed by atoms with Crippen molar-refractivity contribution in [2.24, 2.45) is 21.7 Å². The molecule has 0 bridgehead atoms. The molecular weight excluding hydrogens is 252 g/mol. The molecule has 4 N–H and O–H groups in total. The second-order valence-electron chi connectivity index (χ2n) is 5.05. The summed E-state index contributed by atoms with van der Waals surface area (Å²) in [6.45, 7) is 5.35. The Balaban J connectivity index is 2.04. The van der Waals surface area contributed by atoms with E-state index in [1.807, 2.05) is 18.2 Å². The minimum atomic E-state index is -0.0298. The Hall–Kier alpha value is -1.92. The number of hydrogen-bond acceptors (Lipinski definition) is 4. The Kier molecular flexibility index (Phi) is 5.09. The van der Waals surface area contributed by atoms with Crippen molar-refractivity contribution in [1.82, 2.24) is 9.80 Å². The van der Waals surface area contributed by atoms with E-state index >= 15 is 0 Å². The van der Waals surface area contributed by atoms with Gasteiger partial charge in [-0.1, -0.05) is 24.3 Å². The molecule has 1 heterocycles. The lowest BCUT2D eigenvalue weighted by Crippen LogP contribution is -2.44. The molecule has 0 unspecified atom stereocenters. The summed E-state index contributed by atoms with van der Waals surface area (Å²) in [6, 6.07) is 8.18. The largest absolute Gasteiger partial charge is 0.369 e. The van der Waals surface area contributed by atoms with Crippen molar-refractivity contribution < 1.29 is 0 Å². The van der Waals surface area contributed by atoms with Crippen molar-refractivity contribution in [2.45, 2.75) is 6.54 Å². The number of guanidine groups is 1. The summed E-state index contributed by atoms with van der Waals surface area (Å²) in [4.78, 5) is 4.80. The molecule has 1 saturated heterocycles. The Labute approximate surface area is 119 Å². The molecule has 0 spiro atoms. The first kappa shape index (κ1) is 14.5. The van der Waals surface area contributed by atoms with Crippen LogP contribution in [0.3, 0.4) is 0 Å². The van der Waals surface area contributed by atoms with Gasteiger partial charge in [-0.05, 0) is 18.2 Å². The van der Waals surface area contributed by atoms with Gasteiger partial charge in [0, 0.05) is 32.7 Å². The number of piperazine rings is 1. The minimum Gasteiger partial charge on any atom is -0.369 e. The van der Waals surface area contributed by atoms with Crippen LogP contribution < -0.4 is 11.5 Å². The zero-order valence-electron chi connectivity index (χ0n) is 11.9. The topological polar surface area (TPSA) is 83.2 Å². The summed E-state index contributed by atoms with van der Waals surface area (Å²) in [5.41, 5.74) is 12.8. The van der Waals surface area contributed by atoms with E-state index in [0.29, 0.717) is 0 Å². The van der Waals surface area contributed by atoms with Crippen LogP contribution in [0.1, 0.15) is 11.1 Å². The average Bonchev–Trinajstić information content (AvgIpc) is 2.43. The van der Waals surface area contributed by atoms with Gasteiger partial charge in [-0.2, -0.15) is 5.10 Å². The smallest absolute Gasteiger partial charge is 0.211 e. The highest BCUT2D eigenvalue weighted by molar-refractivity contribution is 5.83. The van der Waals surface area contributed by atoms with Gasteiger partial charge in [0.1, 0.15) is 0 Å². The van der Waals surface area contributed by atoms with E-state index < -0.39 is 0 Å². The predicted molar refractivity (Wildman–Crippen MR) is 82.6 cm³/mol. The first-order valence-electron chi connectivity index (χ1n) is 6.76. The van der Waals surface area contributed by atoms with E-state index in [4.69, 9.17) is 11.5 Å². The van der Waals surface area contributed by atoms with E-state index in [2.05, 4.69) is 33.1 Å². The van der Waals surface area contributed by atoms with Gasteiger partial charge in [-0.15, -0.1) is 5.10 Å². The molecule has 2 rings (SSSR count). The monoisotopic (exact) mass is 274 g/mol. The average molecular weight is 274 g/mol. The molecular formula is C14H22N6. The summed E-state index contributed by atoms with van der Waals surface area (Å²) >= 11 is 0. The van der Waals surface area contributed by atoms with E-state index in [0.717, 1.165) is 38.3 Å². The zero-order valence-corrected chi connectivity index (χ0v) is 11.9. The Bertz CT molecular complexity index is 484. The Morgan fingerprint density at radius 3 is 2.60 bits per heavy atom. The van der Waals surface area contributed by atoms with Crippen molar-refractivity contribution >= 4 is 12.2 Å². The fourth-order valence-corrected chi connectivity index (χ4v) is 2.21. The summed E-state index contributed by atoms with van der Waals surface area (Å²) in [6.07, 6.45) is 1.70. The molecule has 0 aliphatic carbocycles. The van der Waals surface area contributed by atoms with Gasteiger partial charge in [-0.25, -0.2) is 0 Å². The molecule has 0 aromatic heterocycles. The zero-order chi connectivity index (χ0) is 14.4. The van der Waals surface area contributed by atoms with Gasteiger partial charge in [0.25, 0.3) is 0 Å². The Morgan fingerprint density at radius 2 is 1.90 bits per heavy atom. The first-order chi connectivity index (χ1) is 9.65. The predicted octanol–water partition coefficient (Wildman–Crippen LogP) is 0.0413. The molecule has 6 heteroatoms. The normalized spacial score (nSPS) is 17.4. The maximum atomic E-state index is 5.26. The summed E-state index contributed by atoms with van der Waals surface area (Å²) in [7, 11) is 2.16. The number of likely N-dealkylation sites (N-methyl/N-ethyl adjacent to an activating group) is 1. The van der Waals surface area contributed by atoms with E-state index in [9.17, 15) is 0 Å². The molecule has 1 aromatic carbocycles. The second-order valence-corrected chi connectivity index (χ2v) is 5.05. The number of hydrogen-bond donors (Lipinski definition) is 2. The highest BCUT2D eigenvalue weighted by Crippen LogP contribution is 2.11. The van der Waals surface area contributed by atoms with Crippen LogP contribution in [0, 0.1) is 0 Å². The third kappa shape index (κ3) is 4.32. The fraction of sp³-hybridized carbons (Fsp3) is 0.429. The molecule has 108 valence electrons. The lowest BCUT2D eigenvalue weighted by molar-refractivity contribution is 0.148. The van der Waals surface area contributed by atoms with Crippen molar-refractivity contribution in [3.05, 3.63) is 35.4 Å². The maximum absolute atomic E-state index is 5.26. The summed E-state index contributed by atoms with van der Waals surface area (Å²) in [5.74, 6) is -0.0298. The third-order valence-corrected chi connectivity index (χ3v) is 3.41. The number of nitrogens with two attached hydrogens (primary N) is 2. The van der Waals surface area contributed by atoms with E-state index in [1.165, 1.54) is 5.56 Å². The minimum absolute atomic E-state index is 0.0298. The maximum Gasteiger partial charge on any atom is 0.211 e. The van der Waals surface area contributed by atoms with E-state index in [1.54, 1.807) is 6.21 Å². The number of rotatable bonds is 4. The molecule has 1 aromatic rings. The molecule has 0 saturated carbocycles. The highest BCUT2D eigenvalue weighted by atomic mass is 15.3. The quantitative estimate of drug-likeness (QED) is 0.461. The molecule has 0 radical (unpaired) electrons. The lowest BCUT2D eigenvalue weighted by atomic mass is 10.1. The van der Waals surface area contributed by atoms with Gasteiger partial charge in [-0.3, -0.25) is 4.90 Å². The van der Waals surface area contributed by atoms with Gasteiger partial charge in [0.05, 0.1) is 6.21 Å². The van der Waals surface area contributed by atoms with Crippen LogP contribution in [0.2, 0.25) is 0 Å². The molecule has 1 aliphatic rings. The van der Waals surface area contributed by atoms with Gasteiger partial charge >= 0.3 is 0 Å². The van der Waals surface area contributed by atoms with Crippen LogP contribution in [-0.4, -0.2) is 55.2 Å². The summed E-state index contributed by atoms with van der Waals surface area (Å²) in [5, 5.41) is 7.53. The highest BCUT2D eigenvalue weighted by Gasteiger charge is 2.14. The standard InChI is InChI=1S/C14H22N6/c1-19-6-8-20(9-7-19)11-13-5-3-2-4-12(13)10-17-18-14(15)16/h2-5,10H,6-9,11H2,1H3,(H4,15,16,18). The van der Waals surface area contributed by atoms with Crippen molar-refractivity contribution in [1.29, 1.82) is 0 Å². The SMILES string of the molecule is CN1CCN(Cc2ccccc2C=NN=C(N)N)CC1. The van der Waals surface area contributed by atoms with Crippen molar-refractivity contribution in [3.8, 4) is 0 Å². The molecule has 0 amide bonds. The van der Waals surface area contributed by atoms with Crippen LogP contribution >= 0.6 is 0 Å². The third-order valence-electron chi connectivity index (χ3n) is 3.41. The van der Waals surface area contributed by atoms with Crippen LogP contribution in [0.25, 0.3) is 0 Å². The van der Waals surface area contributed by atoms with Crippen LogP contribution in [-0.2, 0) is 6.54 Å². The van der Waals surface area contributed by atoms with Gasteiger partial charge in [0.2, 0.25) is 5.96 Å². The fourth-order valence-electron chi connectivity index (χ4n) is 2.21. The molecule has 20 heavy (non-hydrogen) atoms. The van der Waals surface area contributed by atoms with Gasteiger partial charge in [0.15, 0.2) is 0 Å². The van der Waals surface area contributed by atoms with Crippen LogP contribution in [0.15, 0.2) is 34.5 Å². The van der Waals surface area contributed by atoms with Crippen molar-refractivity contribution in [3.63, 3.8) is 0 Å². The van der Waals surface area contributed by atoms with Gasteiger partial charge < -0.3 is 16.4 Å². The second kappa shape index (κ2) is 7.02. The van der Waals surface area contributed by atoms with Crippen LogP contribution in [0.4, 0.5) is 0 Å². The van der Waals surface area contributed by atoms with Crippen molar-refractivity contribution in [2.75, 3.05) is 33.2 Å². The summed E-state index contributed by atoms with van der Waals surface area (Å²) < 4.78 is 0. The molecule has 0 atom stereocenters. The van der Waals surface area contributed by atoms with Crippen LogP contribution in [0.5, 0.6) is 0 Å².